The number of nitrogens with one attached hydrogen (secondary N) is 2. The van der Waals surface area contributed by atoms with Crippen molar-refractivity contribution in [1.82, 2.24) is 14.8 Å². The van der Waals surface area contributed by atoms with Crippen LogP contribution < -0.4 is 5.32 Å². The van der Waals surface area contributed by atoms with E-state index in [0.29, 0.717) is 23.9 Å². The molecule has 2 N–H and O–H groups in total. The lowest BCUT2D eigenvalue weighted by atomic mass is 10.1. The van der Waals surface area contributed by atoms with Gasteiger partial charge in [0, 0.05) is 30.5 Å². The van der Waals surface area contributed by atoms with E-state index in [4.69, 9.17) is 12.2 Å². The summed E-state index contributed by atoms with van der Waals surface area (Å²) in [6.45, 7) is 2.60. The van der Waals surface area contributed by atoms with Gasteiger partial charge in [-0.2, -0.15) is 0 Å². The zero-order chi connectivity index (χ0) is 21.3. The first-order chi connectivity index (χ1) is 14.5. The molecule has 2 heterocycles. The van der Waals surface area contributed by atoms with Crippen molar-refractivity contribution in [1.29, 1.82) is 0 Å². The fourth-order valence-electron chi connectivity index (χ4n) is 3.66. The van der Waals surface area contributed by atoms with Crippen LogP contribution >= 0.6 is 12.2 Å². The molecule has 1 aromatic heterocycles. The normalized spacial score (nSPS) is 16.5. The van der Waals surface area contributed by atoms with Gasteiger partial charge in [-0.3, -0.25) is 14.5 Å². The number of amides is 2. The summed E-state index contributed by atoms with van der Waals surface area (Å²) in [6, 6.07) is 12.9. The van der Waals surface area contributed by atoms with Gasteiger partial charge in [0.15, 0.2) is 5.11 Å². The number of hydrogen-bond donors (Lipinski definition) is 2. The van der Waals surface area contributed by atoms with E-state index in [1.807, 2.05) is 37.4 Å². The minimum atomic E-state index is -0.697. The van der Waals surface area contributed by atoms with Crippen LogP contribution in [0, 0.1) is 5.82 Å². The van der Waals surface area contributed by atoms with E-state index in [1.165, 1.54) is 17.0 Å². The van der Waals surface area contributed by atoms with Crippen molar-refractivity contribution < 1.29 is 14.0 Å². The highest BCUT2D eigenvalue weighted by Gasteiger charge is 2.42. The highest BCUT2D eigenvalue weighted by molar-refractivity contribution is 7.80. The van der Waals surface area contributed by atoms with E-state index in [0.717, 1.165) is 16.5 Å². The zero-order valence-electron chi connectivity index (χ0n) is 16.4. The third kappa shape index (κ3) is 3.91. The summed E-state index contributed by atoms with van der Waals surface area (Å²) in [7, 11) is 0. The Bertz CT molecular complexity index is 1110. The maximum Gasteiger partial charge on any atom is 0.252 e. The van der Waals surface area contributed by atoms with E-state index in [1.54, 1.807) is 17.0 Å². The van der Waals surface area contributed by atoms with E-state index in [9.17, 15) is 14.0 Å². The maximum atomic E-state index is 13.2. The molecule has 1 aliphatic heterocycles. The van der Waals surface area contributed by atoms with Crippen molar-refractivity contribution in [3.63, 3.8) is 0 Å². The van der Waals surface area contributed by atoms with Crippen LogP contribution in [0.25, 0.3) is 10.9 Å². The van der Waals surface area contributed by atoms with Gasteiger partial charge < -0.3 is 15.2 Å². The van der Waals surface area contributed by atoms with Gasteiger partial charge in [0.25, 0.3) is 5.91 Å². The quantitative estimate of drug-likeness (QED) is 0.593. The number of anilines is 1. The van der Waals surface area contributed by atoms with Gasteiger partial charge in [0.2, 0.25) is 5.91 Å². The number of carbonyl (C=O) groups excluding carboxylic acids is 2. The predicted octanol–water partition coefficient (Wildman–Crippen LogP) is 3.65. The monoisotopic (exact) mass is 424 g/mol. The minimum absolute atomic E-state index is 0.0283. The van der Waals surface area contributed by atoms with Crippen LogP contribution in [0.5, 0.6) is 0 Å². The third-order valence-electron chi connectivity index (χ3n) is 5.20. The molecule has 0 aliphatic carbocycles. The number of fused-ring (bicyclic) bond motifs is 1. The molecular formula is C22H21FN4O2S. The van der Waals surface area contributed by atoms with E-state index >= 15 is 0 Å². The summed E-state index contributed by atoms with van der Waals surface area (Å²) >= 11 is 5.49. The number of thiocarbonyl (C=S) groups is 1. The summed E-state index contributed by atoms with van der Waals surface area (Å²) in [4.78, 5) is 31.9. The number of halogens is 1. The standard InChI is InChI=1S/C22H21FN4O2S/c1-2-26-21(29)19(27(22(26)30)13-14-3-6-16(23)7-4-14)12-20(28)25-17-8-5-15-9-10-24-18(15)11-17/h3-11,19,24H,2,12-13H2,1H3,(H,25,28). The van der Waals surface area contributed by atoms with Crippen molar-refractivity contribution in [2.75, 3.05) is 11.9 Å². The van der Waals surface area contributed by atoms with Gasteiger partial charge >= 0.3 is 0 Å². The summed E-state index contributed by atoms with van der Waals surface area (Å²) < 4.78 is 13.2. The third-order valence-corrected chi connectivity index (χ3v) is 5.66. The number of nitrogens with zero attached hydrogens (tertiary/aromatic N) is 2. The Kier molecular flexibility index (Phi) is 5.50. The van der Waals surface area contributed by atoms with E-state index in [2.05, 4.69) is 10.3 Å². The van der Waals surface area contributed by atoms with Crippen molar-refractivity contribution in [2.45, 2.75) is 25.9 Å². The van der Waals surface area contributed by atoms with Crippen molar-refractivity contribution in [3.05, 3.63) is 66.1 Å². The molecule has 2 amide bonds. The molecule has 0 bridgehead atoms. The van der Waals surface area contributed by atoms with Crippen molar-refractivity contribution in [3.8, 4) is 0 Å². The van der Waals surface area contributed by atoms with Crippen LogP contribution in [0.4, 0.5) is 10.1 Å². The first-order valence-electron chi connectivity index (χ1n) is 9.69. The van der Waals surface area contributed by atoms with Gasteiger partial charge in [-0.05, 0) is 60.4 Å². The Hall–Kier alpha value is -3.26. The molecular weight excluding hydrogens is 403 g/mol. The fourth-order valence-corrected chi connectivity index (χ4v) is 4.07. The second-order valence-corrected chi connectivity index (χ2v) is 7.53. The first-order valence-corrected chi connectivity index (χ1v) is 10.1. The van der Waals surface area contributed by atoms with Crippen molar-refractivity contribution >= 4 is 45.7 Å². The van der Waals surface area contributed by atoms with Gasteiger partial charge in [0.05, 0.1) is 6.42 Å². The second-order valence-electron chi connectivity index (χ2n) is 7.17. The molecule has 1 atom stereocenters. The first kappa shape index (κ1) is 20.0. The number of hydrogen-bond acceptors (Lipinski definition) is 3. The molecule has 0 radical (unpaired) electrons. The van der Waals surface area contributed by atoms with Gasteiger partial charge in [-0.15, -0.1) is 0 Å². The molecule has 8 heteroatoms. The molecule has 4 rings (SSSR count). The fraction of sp³-hybridized carbons (Fsp3) is 0.227. The van der Waals surface area contributed by atoms with Crippen LogP contribution in [-0.4, -0.2) is 44.3 Å². The molecule has 30 heavy (non-hydrogen) atoms. The number of aromatic amines is 1. The Morgan fingerprint density at radius 2 is 1.97 bits per heavy atom. The number of benzene rings is 2. The highest BCUT2D eigenvalue weighted by Crippen LogP contribution is 2.24. The average molecular weight is 425 g/mol. The summed E-state index contributed by atoms with van der Waals surface area (Å²) in [5.41, 5.74) is 2.38. The summed E-state index contributed by atoms with van der Waals surface area (Å²) in [5, 5.41) is 4.30. The zero-order valence-corrected chi connectivity index (χ0v) is 17.2. The maximum absolute atomic E-state index is 13.2. The van der Waals surface area contributed by atoms with E-state index < -0.39 is 6.04 Å². The number of carbonyl (C=O) groups is 2. The molecule has 1 saturated heterocycles. The molecule has 0 saturated carbocycles. The van der Waals surface area contributed by atoms with E-state index in [-0.39, 0.29) is 24.1 Å². The van der Waals surface area contributed by atoms with Crippen LogP contribution in [0.1, 0.15) is 18.9 Å². The molecule has 1 aliphatic rings. The summed E-state index contributed by atoms with van der Waals surface area (Å²) in [6.07, 6.45) is 1.81. The number of likely N-dealkylation sites (N-methyl/N-ethyl adjacent to an activating group) is 1. The molecule has 6 nitrogen and oxygen atoms in total. The van der Waals surface area contributed by atoms with Crippen LogP contribution in [0.15, 0.2) is 54.7 Å². The molecule has 1 fully saturated rings. The molecule has 3 aromatic rings. The molecule has 154 valence electrons. The predicted molar refractivity (Wildman–Crippen MR) is 117 cm³/mol. The Balaban J connectivity index is 1.51. The SMILES string of the molecule is CCN1C(=O)C(CC(=O)Nc2ccc3cc[nH]c3c2)N(Cc2ccc(F)cc2)C1=S. The lowest BCUT2D eigenvalue weighted by Crippen LogP contribution is -2.37. The minimum Gasteiger partial charge on any atom is -0.361 e. The summed E-state index contributed by atoms with van der Waals surface area (Å²) in [5.74, 6) is -0.798. The lowest BCUT2D eigenvalue weighted by molar-refractivity contribution is -0.130. The van der Waals surface area contributed by atoms with Gasteiger partial charge in [-0.25, -0.2) is 4.39 Å². The highest BCUT2D eigenvalue weighted by atomic mass is 32.1. The Morgan fingerprint density at radius 3 is 2.70 bits per heavy atom. The number of rotatable bonds is 6. The molecule has 0 spiro atoms. The van der Waals surface area contributed by atoms with Crippen LogP contribution in [0.3, 0.4) is 0 Å². The number of aromatic nitrogens is 1. The average Bonchev–Trinajstić information content (AvgIpc) is 3.27. The smallest absolute Gasteiger partial charge is 0.252 e. The van der Waals surface area contributed by atoms with Crippen LogP contribution in [0.2, 0.25) is 0 Å². The Morgan fingerprint density at radius 1 is 1.20 bits per heavy atom. The van der Waals surface area contributed by atoms with Crippen molar-refractivity contribution in [2.24, 2.45) is 0 Å². The second kappa shape index (κ2) is 8.23. The van der Waals surface area contributed by atoms with Gasteiger partial charge in [-0.1, -0.05) is 18.2 Å². The Labute approximate surface area is 178 Å². The number of H-pyrrole nitrogens is 1. The van der Waals surface area contributed by atoms with Gasteiger partial charge in [0.1, 0.15) is 11.9 Å². The largest absolute Gasteiger partial charge is 0.361 e. The lowest BCUT2D eigenvalue weighted by Gasteiger charge is -2.24. The molecule has 1 unspecified atom stereocenters. The van der Waals surface area contributed by atoms with Crippen LogP contribution in [-0.2, 0) is 16.1 Å². The molecule has 2 aromatic carbocycles. The topological polar surface area (TPSA) is 68.4 Å².